The molecule has 0 saturated heterocycles. The van der Waals surface area contributed by atoms with Gasteiger partial charge in [-0.15, -0.1) is 0 Å². The maximum atomic E-state index is 6.23. The Labute approximate surface area is 302 Å². The zero-order chi connectivity index (χ0) is 35.0. The molecule has 0 aromatic heterocycles. The number of rotatable bonds is 27. The van der Waals surface area contributed by atoms with Crippen LogP contribution in [0.25, 0.3) is 0 Å². The topological polar surface area (TPSA) is 18.5 Å². The summed E-state index contributed by atoms with van der Waals surface area (Å²) in [5.74, 6) is 0. The van der Waals surface area contributed by atoms with Gasteiger partial charge in [0.25, 0.3) is 0 Å². The minimum atomic E-state index is -2.18. The third-order valence-corrected chi connectivity index (χ3v) is 15.2. The minimum Gasteiger partial charge on any atom is -0.0654 e. The van der Waals surface area contributed by atoms with Gasteiger partial charge in [0.1, 0.15) is 0 Å². The van der Waals surface area contributed by atoms with Crippen LogP contribution < -0.4 is 15.9 Å². The summed E-state index contributed by atoms with van der Waals surface area (Å²) in [4.78, 5) is 0. The Balaban J connectivity index is 1.49. The van der Waals surface area contributed by atoms with Crippen LogP contribution in [0.15, 0.2) is 84.9 Å². The van der Waals surface area contributed by atoms with Crippen LogP contribution in [0.5, 0.6) is 0 Å². The molecule has 0 aliphatic heterocycles. The van der Waals surface area contributed by atoms with Gasteiger partial charge in [-0.1, -0.05) is 65.2 Å². The SMILES string of the molecule is CCCCCCCOC(CCCCC/C=C/CCC[PH](c1ccc(C)cc1)(c1ccc(C)cc1)c1ccc(C)cc1)OCCCCCCC. The third-order valence-electron chi connectivity index (χ3n) is 10.1. The third kappa shape index (κ3) is 15.3. The van der Waals surface area contributed by atoms with E-state index in [-0.39, 0.29) is 6.29 Å². The van der Waals surface area contributed by atoms with E-state index < -0.39 is 7.26 Å². The Hall–Kier alpha value is -2.25. The molecule has 0 spiro atoms. The molecule has 272 valence electrons. The first-order valence-electron chi connectivity index (χ1n) is 20.1. The molecular weight excluding hydrogens is 615 g/mol. The molecule has 0 heterocycles. The van der Waals surface area contributed by atoms with Crippen LogP contribution in [0.1, 0.15) is 140 Å². The van der Waals surface area contributed by atoms with Gasteiger partial charge in [-0.25, -0.2) is 0 Å². The van der Waals surface area contributed by atoms with Crippen molar-refractivity contribution in [1.29, 1.82) is 0 Å². The second kappa shape index (κ2) is 24.8. The Kier molecular flexibility index (Phi) is 20.9. The molecule has 0 unspecified atom stereocenters. The molecule has 2 nitrogen and oxygen atoms in total. The maximum absolute atomic E-state index is 6.23. The van der Waals surface area contributed by atoms with Crippen molar-refractivity contribution in [2.75, 3.05) is 19.4 Å². The molecule has 0 aliphatic rings. The number of unbranched alkanes of at least 4 members (excludes halogenated alkanes) is 12. The number of ether oxygens (including phenoxy) is 2. The normalized spacial score (nSPS) is 12.4. The first-order valence-corrected chi connectivity index (χ1v) is 22.3. The molecule has 0 amide bonds. The van der Waals surface area contributed by atoms with Crippen LogP contribution >= 0.6 is 7.26 Å². The average molecular weight is 687 g/mol. The summed E-state index contributed by atoms with van der Waals surface area (Å²) in [7, 11) is -2.18. The second-order valence-corrected chi connectivity index (χ2v) is 18.5. The molecule has 3 heteroatoms. The predicted octanol–water partition coefficient (Wildman–Crippen LogP) is 12.2. The van der Waals surface area contributed by atoms with E-state index in [1.54, 1.807) is 0 Å². The van der Waals surface area contributed by atoms with Crippen molar-refractivity contribution >= 4 is 23.2 Å². The van der Waals surface area contributed by atoms with Gasteiger partial charge < -0.3 is 0 Å². The Morgan fingerprint density at radius 1 is 0.469 bits per heavy atom. The fourth-order valence-electron chi connectivity index (χ4n) is 6.97. The number of allylic oxidation sites excluding steroid dienone is 2. The number of aryl methyl sites for hydroxylation is 3. The molecule has 3 aromatic carbocycles. The summed E-state index contributed by atoms with van der Waals surface area (Å²) in [5.41, 5.74) is 3.98. The number of hydrogen-bond acceptors (Lipinski definition) is 2. The van der Waals surface area contributed by atoms with Crippen LogP contribution in [0.4, 0.5) is 0 Å². The second-order valence-electron chi connectivity index (χ2n) is 14.5. The quantitative estimate of drug-likeness (QED) is 0.0344. The summed E-state index contributed by atoms with van der Waals surface area (Å²) in [6.07, 6.45) is 27.0. The van der Waals surface area contributed by atoms with Crippen molar-refractivity contribution in [3.05, 3.63) is 102 Å². The Morgan fingerprint density at radius 3 is 1.29 bits per heavy atom. The summed E-state index contributed by atoms with van der Waals surface area (Å²) >= 11 is 0. The van der Waals surface area contributed by atoms with Crippen molar-refractivity contribution in [2.24, 2.45) is 0 Å². The van der Waals surface area contributed by atoms with Crippen LogP contribution in [0.3, 0.4) is 0 Å². The standard InChI is InChI=1S/C46H71O2P/c1-6-8-10-17-21-37-47-46(48-38-22-18-11-9-7-2)24-20-16-14-12-13-15-19-23-39-49(43-31-25-40(3)26-32-43,44-33-27-41(4)28-34-44)45-35-29-42(5)30-36-45/h13,15,25-36,46,49H,6-12,14,16-24,37-39H2,1-5H3/b15-13+. The molecule has 0 N–H and O–H groups in total. The van der Waals surface area contributed by atoms with Gasteiger partial charge in [0.2, 0.25) is 0 Å². The Bertz CT molecular complexity index is 1140. The fourth-order valence-corrected chi connectivity index (χ4v) is 11.8. The van der Waals surface area contributed by atoms with Crippen molar-refractivity contribution in [3.63, 3.8) is 0 Å². The smallest absolute Gasteiger partial charge is 0.0654 e. The molecule has 0 radical (unpaired) electrons. The molecular formula is C46H71O2P. The van der Waals surface area contributed by atoms with E-state index in [2.05, 4.69) is 120 Å². The molecule has 3 aromatic rings. The van der Waals surface area contributed by atoms with Gasteiger partial charge in [0.15, 0.2) is 0 Å². The summed E-state index contributed by atoms with van der Waals surface area (Å²) in [5, 5.41) is 4.57. The van der Waals surface area contributed by atoms with E-state index in [1.807, 2.05) is 0 Å². The van der Waals surface area contributed by atoms with E-state index in [0.717, 1.165) is 45.3 Å². The van der Waals surface area contributed by atoms with E-state index >= 15 is 0 Å². The predicted molar refractivity (Wildman–Crippen MR) is 220 cm³/mol. The summed E-state index contributed by atoms with van der Waals surface area (Å²) < 4.78 is 12.5. The molecule has 0 aliphatic carbocycles. The van der Waals surface area contributed by atoms with Crippen molar-refractivity contribution in [1.82, 2.24) is 0 Å². The fraction of sp³-hybridized carbons (Fsp3) is 0.565. The van der Waals surface area contributed by atoms with Crippen molar-refractivity contribution in [3.8, 4) is 0 Å². The average Bonchev–Trinajstić information content (AvgIpc) is 3.11. The van der Waals surface area contributed by atoms with E-state index in [4.69, 9.17) is 9.47 Å². The first kappa shape index (κ1) is 41.2. The van der Waals surface area contributed by atoms with Crippen LogP contribution in [-0.4, -0.2) is 25.7 Å². The first-order chi connectivity index (χ1) is 24.0. The van der Waals surface area contributed by atoms with E-state index in [1.165, 1.54) is 116 Å². The molecule has 0 atom stereocenters. The zero-order valence-electron chi connectivity index (χ0n) is 32.1. The van der Waals surface area contributed by atoms with E-state index in [9.17, 15) is 0 Å². The molecule has 49 heavy (non-hydrogen) atoms. The van der Waals surface area contributed by atoms with Gasteiger partial charge in [-0.2, -0.15) is 0 Å². The zero-order valence-corrected chi connectivity index (χ0v) is 33.1. The summed E-state index contributed by atoms with van der Waals surface area (Å²) in [6, 6.07) is 28.3. The number of benzene rings is 3. The van der Waals surface area contributed by atoms with Crippen LogP contribution in [0, 0.1) is 20.8 Å². The van der Waals surface area contributed by atoms with Crippen molar-refractivity contribution in [2.45, 2.75) is 150 Å². The van der Waals surface area contributed by atoms with Crippen molar-refractivity contribution < 1.29 is 9.47 Å². The Morgan fingerprint density at radius 2 is 0.857 bits per heavy atom. The van der Waals surface area contributed by atoms with Gasteiger partial charge in [-0.3, -0.25) is 0 Å². The molecule has 0 bridgehead atoms. The molecule has 3 rings (SSSR count). The van der Waals surface area contributed by atoms with Gasteiger partial charge >= 0.3 is 212 Å². The number of hydrogen-bond donors (Lipinski definition) is 0. The summed E-state index contributed by atoms with van der Waals surface area (Å²) in [6.45, 7) is 12.8. The molecule has 0 saturated carbocycles. The molecule has 0 fully saturated rings. The van der Waals surface area contributed by atoms with Gasteiger partial charge in [0, 0.05) is 13.2 Å². The van der Waals surface area contributed by atoms with Crippen LogP contribution in [0.2, 0.25) is 0 Å². The monoisotopic (exact) mass is 687 g/mol. The van der Waals surface area contributed by atoms with Gasteiger partial charge in [0.05, 0.1) is 0 Å². The van der Waals surface area contributed by atoms with Gasteiger partial charge in [-0.05, 0) is 12.8 Å². The van der Waals surface area contributed by atoms with Crippen LogP contribution in [-0.2, 0) is 9.47 Å². The minimum absolute atomic E-state index is 0.0204. The van der Waals surface area contributed by atoms with E-state index in [0.29, 0.717) is 0 Å².